The molecule has 0 aliphatic rings. The minimum Gasteiger partial charge on any atom is -0.396 e. The second kappa shape index (κ2) is 7.27. The number of hydrogen-bond donors (Lipinski definition) is 2. The molecule has 0 bridgehead atoms. The first-order chi connectivity index (χ1) is 9.70. The van der Waals surface area contributed by atoms with Crippen molar-refractivity contribution >= 4 is 17.3 Å². The summed E-state index contributed by atoms with van der Waals surface area (Å²) in [7, 11) is 0. The second-order valence-corrected chi connectivity index (χ2v) is 5.00. The van der Waals surface area contributed by atoms with Crippen molar-refractivity contribution in [3.8, 4) is 0 Å². The van der Waals surface area contributed by atoms with E-state index in [0.717, 1.165) is 24.1 Å². The van der Waals surface area contributed by atoms with Crippen molar-refractivity contribution in [1.29, 1.82) is 0 Å². The van der Waals surface area contributed by atoms with Crippen molar-refractivity contribution in [3.63, 3.8) is 0 Å². The van der Waals surface area contributed by atoms with E-state index in [4.69, 9.17) is 16.7 Å². The van der Waals surface area contributed by atoms with Crippen LogP contribution in [0, 0.1) is 5.82 Å². The Bertz CT molecular complexity index is 574. The Labute approximate surface area is 123 Å². The fourth-order valence-corrected chi connectivity index (χ4v) is 2.20. The van der Waals surface area contributed by atoms with Gasteiger partial charge in [0.1, 0.15) is 5.82 Å². The summed E-state index contributed by atoms with van der Waals surface area (Å²) >= 11 is 5.75. The molecule has 0 aliphatic carbocycles. The van der Waals surface area contributed by atoms with Crippen LogP contribution in [0.15, 0.2) is 42.5 Å². The summed E-state index contributed by atoms with van der Waals surface area (Å²) in [4.78, 5) is 0. The number of aryl methyl sites for hydroxylation is 1. The van der Waals surface area contributed by atoms with Crippen molar-refractivity contribution in [2.45, 2.75) is 19.4 Å². The van der Waals surface area contributed by atoms with Gasteiger partial charge in [0.25, 0.3) is 0 Å². The van der Waals surface area contributed by atoms with Gasteiger partial charge in [-0.1, -0.05) is 35.9 Å². The monoisotopic (exact) mass is 293 g/mol. The summed E-state index contributed by atoms with van der Waals surface area (Å²) in [5, 5.41) is 12.2. The molecule has 2 N–H and O–H groups in total. The van der Waals surface area contributed by atoms with Gasteiger partial charge in [0.05, 0.1) is 5.02 Å². The molecule has 0 unspecified atom stereocenters. The summed E-state index contributed by atoms with van der Waals surface area (Å²) in [5.74, 6) is -0.377. The zero-order valence-electron chi connectivity index (χ0n) is 11.1. The van der Waals surface area contributed by atoms with Crippen molar-refractivity contribution in [3.05, 3.63) is 64.4 Å². The van der Waals surface area contributed by atoms with Gasteiger partial charge in [0.15, 0.2) is 0 Å². The normalized spacial score (nSPS) is 10.6. The zero-order valence-corrected chi connectivity index (χ0v) is 11.8. The first-order valence-electron chi connectivity index (χ1n) is 6.57. The van der Waals surface area contributed by atoms with Crippen molar-refractivity contribution in [2.75, 3.05) is 11.9 Å². The van der Waals surface area contributed by atoms with Crippen LogP contribution < -0.4 is 5.32 Å². The highest BCUT2D eigenvalue weighted by molar-refractivity contribution is 6.30. The van der Waals surface area contributed by atoms with E-state index in [1.807, 2.05) is 24.3 Å². The molecule has 0 aromatic heterocycles. The van der Waals surface area contributed by atoms with Gasteiger partial charge in [-0.15, -0.1) is 0 Å². The maximum Gasteiger partial charge on any atom is 0.146 e. The van der Waals surface area contributed by atoms with E-state index >= 15 is 0 Å². The molecule has 0 aliphatic heterocycles. The van der Waals surface area contributed by atoms with E-state index in [2.05, 4.69) is 5.32 Å². The highest BCUT2D eigenvalue weighted by Crippen LogP contribution is 2.19. The van der Waals surface area contributed by atoms with E-state index in [0.29, 0.717) is 12.1 Å². The molecule has 0 saturated carbocycles. The molecule has 2 rings (SSSR count). The van der Waals surface area contributed by atoms with E-state index in [-0.39, 0.29) is 17.4 Å². The van der Waals surface area contributed by atoms with Crippen molar-refractivity contribution in [2.24, 2.45) is 0 Å². The fourth-order valence-electron chi connectivity index (χ4n) is 2.00. The number of anilines is 1. The van der Waals surface area contributed by atoms with Gasteiger partial charge < -0.3 is 10.4 Å². The minimum atomic E-state index is -0.377. The van der Waals surface area contributed by atoms with Gasteiger partial charge in [0, 0.05) is 24.4 Å². The number of aliphatic hydroxyl groups is 1. The van der Waals surface area contributed by atoms with E-state index in [9.17, 15) is 4.39 Å². The molecule has 0 atom stereocenters. The summed E-state index contributed by atoms with van der Waals surface area (Å²) in [6.07, 6.45) is 1.57. The van der Waals surface area contributed by atoms with Crippen LogP contribution in [0.5, 0.6) is 0 Å². The SMILES string of the molecule is OCCCc1cccc(NCc2cccc(Cl)c2F)c1. The molecule has 4 heteroatoms. The molecule has 0 fully saturated rings. The number of halogens is 2. The van der Waals surface area contributed by atoms with Crippen LogP contribution in [0.4, 0.5) is 10.1 Å². The Morgan fingerprint density at radius 2 is 1.95 bits per heavy atom. The molecule has 20 heavy (non-hydrogen) atoms. The van der Waals surface area contributed by atoms with E-state index in [1.165, 1.54) is 6.07 Å². The maximum atomic E-state index is 13.8. The number of aliphatic hydroxyl groups excluding tert-OH is 1. The van der Waals surface area contributed by atoms with Crippen LogP contribution in [-0.2, 0) is 13.0 Å². The van der Waals surface area contributed by atoms with Crippen LogP contribution in [0.1, 0.15) is 17.5 Å². The molecule has 2 aromatic rings. The Balaban J connectivity index is 2.01. The lowest BCUT2D eigenvalue weighted by Crippen LogP contribution is -2.02. The predicted octanol–water partition coefficient (Wildman–Crippen LogP) is 4.02. The fraction of sp³-hybridized carbons (Fsp3) is 0.250. The Morgan fingerprint density at radius 3 is 2.75 bits per heavy atom. The van der Waals surface area contributed by atoms with Crippen LogP contribution in [0.2, 0.25) is 5.02 Å². The van der Waals surface area contributed by atoms with Gasteiger partial charge in [-0.25, -0.2) is 4.39 Å². The van der Waals surface area contributed by atoms with E-state index < -0.39 is 0 Å². The molecule has 0 saturated heterocycles. The first kappa shape index (κ1) is 14.8. The average molecular weight is 294 g/mol. The summed E-state index contributed by atoms with van der Waals surface area (Å²) in [6.45, 7) is 0.571. The lowest BCUT2D eigenvalue weighted by molar-refractivity contribution is 0.288. The number of rotatable bonds is 6. The Kier molecular flexibility index (Phi) is 5.39. The van der Waals surface area contributed by atoms with Crippen LogP contribution in [-0.4, -0.2) is 11.7 Å². The molecule has 106 valence electrons. The summed E-state index contributed by atoms with van der Waals surface area (Å²) in [6, 6.07) is 12.9. The number of nitrogens with one attached hydrogen (secondary N) is 1. The predicted molar refractivity (Wildman–Crippen MR) is 80.6 cm³/mol. The molecular weight excluding hydrogens is 277 g/mol. The Hall–Kier alpha value is -1.58. The quantitative estimate of drug-likeness (QED) is 0.843. The molecule has 2 aromatic carbocycles. The molecule has 0 radical (unpaired) electrons. The van der Waals surface area contributed by atoms with Crippen molar-refractivity contribution in [1.82, 2.24) is 0 Å². The third-order valence-corrected chi connectivity index (χ3v) is 3.36. The summed E-state index contributed by atoms with van der Waals surface area (Å²) < 4.78 is 13.8. The van der Waals surface area contributed by atoms with Gasteiger partial charge in [-0.05, 0) is 36.6 Å². The molecule has 0 heterocycles. The highest BCUT2D eigenvalue weighted by atomic mass is 35.5. The number of benzene rings is 2. The topological polar surface area (TPSA) is 32.3 Å². The largest absolute Gasteiger partial charge is 0.396 e. The highest BCUT2D eigenvalue weighted by Gasteiger charge is 2.05. The van der Waals surface area contributed by atoms with Gasteiger partial charge in [-0.3, -0.25) is 0 Å². The van der Waals surface area contributed by atoms with Gasteiger partial charge >= 0.3 is 0 Å². The van der Waals surface area contributed by atoms with Crippen LogP contribution >= 0.6 is 11.6 Å². The van der Waals surface area contributed by atoms with Gasteiger partial charge in [-0.2, -0.15) is 0 Å². The third-order valence-electron chi connectivity index (χ3n) is 3.07. The smallest absolute Gasteiger partial charge is 0.146 e. The second-order valence-electron chi connectivity index (χ2n) is 4.59. The third kappa shape index (κ3) is 3.95. The molecule has 0 spiro atoms. The zero-order chi connectivity index (χ0) is 14.4. The molecule has 2 nitrogen and oxygen atoms in total. The summed E-state index contributed by atoms with van der Waals surface area (Å²) in [5.41, 5.74) is 2.62. The van der Waals surface area contributed by atoms with Crippen molar-refractivity contribution < 1.29 is 9.50 Å². The van der Waals surface area contributed by atoms with Crippen LogP contribution in [0.25, 0.3) is 0 Å². The Morgan fingerprint density at radius 1 is 1.15 bits per heavy atom. The minimum absolute atomic E-state index is 0.140. The number of hydrogen-bond acceptors (Lipinski definition) is 2. The van der Waals surface area contributed by atoms with Crippen LogP contribution in [0.3, 0.4) is 0 Å². The lowest BCUT2D eigenvalue weighted by Gasteiger charge is -2.09. The van der Waals surface area contributed by atoms with E-state index in [1.54, 1.807) is 12.1 Å². The average Bonchev–Trinajstić information content (AvgIpc) is 2.47. The van der Waals surface area contributed by atoms with Gasteiger partial charge in [0.2, 0.25) is 0 Å². The molecular formula is C16H17ClFNO. The lowest BCUT2D eigenvalue weighted by atomic mass is 10.1. The standard InChI is InChI=1S/C16H17ClFNO/c17-15-8-2-6-13(16(15)18)11-19-14-7-1-4-12(10-14)5-3-9-20/h1-2,4,6-8,10,19-20H,3,5,9,11H2. The first-order valence-corrected chi connectivity index (χ1v) is 6.95. The maximum absolute atomic E-state index is 13.8. The molecule has 0 amide bonds.